The van der Waals surface area contributed by atoms with Crippen molar-refractivity contribution in [3.05, 3.63) is 23.8 Å². The van der Waals surface area contributed by atoms with Gasteiger partial charge in [0, 0.05) is 32.1 Å². The lowest BCUT2D eigenvalue weighted by molar-refractivity contribution is 0.322. The van der Waals surface area contributed by atoms with Crippen molar-refractivity contribution in [2.24, 2.45) is 5.92 Å². The number of nitrogens with one attached hydrogen (secondary N) is 1. The fourth-order valence-corrected chi connectivity index (χ4v) is 3.60. The number of hydrogen-bond donors (Lipinski definition) is 1. The van der Waals surface area contributed by atoms with Crippen molar-refractivity contribution in [2.45, 2.75) is 12.3 Å². The number of benzene rings is 1. The van der Waals surface area contributed by atoms with E-state index >= 15 is 0 Å². The van der Waals surface area contributed by atoms with Gasteiger partial charge >= 0.3 is 0 Å². The Bertz CT molecular complexity index is 455. The fourth-order valence-electron chi connectivity index (χ4n) is 3.60. The third-order valence-electron chi connectivity index (χ3n) is 4.37. The topological polar surface area (TPSA) is 24.5 Å². The molecule has 1 aromatic carbocycles. The van der Waals surface area contributed by atoms with E-state index < -0.39 is 0 Å². The van der Waals surface area contributed by atoms with E-state index in [9.17, 15) is 0 Å². The van der Waals surface area contributed by atoms with E-state index in [1.807, 2.05) is 0 Å². The van der Waals surface area contributed by atoms with Crippen molar-refractivity contribution in [3.63, 3.8) is 0 Å². The lowest BCUT2D eigenvalue weighted by Crippen LogP contribution is -2.37. The van der Waals surface area contributed by atoms with Crippen LogP contribution in [0.3, 0.4) is 0 Å². The van der Waals surface area contributed by atoms with Crippen molar-refractivity contribution in [1.82, 2.24) is 5.32 Å². The second kappa shape index (κ2) is 5.78. The Morgan fingerprint density at radius 2 is 2.11 bits per heavy atom. The molecule has 0 spiro atoms. The first kappa shape index (κ1) is 14.8. The lowest BCUT2D eigenvalue weighted by atomic mass is 9.83. The molecule has 2 atom stereocenters. The van der Waals surface area contributed by atoms with Crippen molar-refractivity contribution in [3.8, 4) is 5.75 Å². The molecule has 0 radical (unpaired) electrons. The zero-order chi connectivity index (χ0) is 11.2. The van der Waals surface area contributed by atoms with E-state index in [1.54, 1.807) is 0 Å². The van der Waals surface area contributed by atoms with Crippen molar-refractivity contribution >= 4 is 30.5 Å². The van der Waals surface area contributed by atoms with Gasteiger partial charge in [-0.05, 0) is 24.0 Å². The Morgan fingerprint density at radius 1 is 1.21 bits per heavy atom. The summed E-state index contributed by atoms with van der Waals surface area (Å²) < 4.78 is 5.88. The number of para-hydroxylation sites is 1. The van der Waals surface area contributed by atoms with Crippen molar-refractivity contribution < 1.29 is 4.74 Å². The monoisotopic (exact) mass is 302 g/mol. The first-order valence-electron chi connectivity index (χ1n) is 6.65. The van der Waals surface area contributed by atoms with Gasteiger partial charge in [-0.2, -0.15) is 0 Å². The number of nitrogens with zero attached hydrogens (tertiary/aromatic N) is 1. The fraction of sp³-hybridized carbons (Fsp3) is 0.571. The molecule has 106 valence electrons. The van der Waals surface area contributed by atoms with Gasteiger partial charge in [-0.1, -0.05) is 12.1 Å². The molecule has 3 aliphatic heterocycles. The van der Waals surface area contributed by atoms with Crippen LogP contribution in [0.25, 0.3) is 0 Å². The van der Waals surface area contributed by atoms with Gasteiger partial charge in [0.1, 0.15) is 5.75 Å². The van der Waals surface area contributed by atoms with Crippen LogP contribution in [-0.2, 0) is 0 Å². The predicted octanol–water partition coefficient (Wildman–Crippen LogP) is 2.44. The van der Waals surface area contributed by atoms with Gasteiger partial charge in [0.05, 0.1) is 12.3 Å². The lowest BCUT2D eigenvalue weighted by Gasteiger charge is -2.37. The summed E-state index contributed by atoms with van der Waals surface area (Å²) in [4.78, 5) is 2.55. The van der Waals surface area contributed by atoms with Crippen LogP contribution in [0.15, 0.2) is 18.2 Å². The van der Waals surface area contributed by atoms with E-state index in [0.717, 1.165) is 37.8 Å². The average Bonchev–Trinajstić information content (AvgIpc) is 2.73. The minimum Gasteiger partial charge on any atom is -0.491 e. The van der Waals surface area contributed by atoms with Crippen LogP contribution in [-0.4, -0.2) is 32.8 Å². The standard InChI is InChI=1S/C14H18N2O.2ClH/c1-3-11-12-8-15-7-10(12)9-16-5-2-6-17-13(4-1)14(11)16;;/h1,3-4,10,12,15H,2,5-9H2;2*1H/t10-,12-;;/m0../s1. The maximum atomic E-state index is 5.88. The summed E-state index contributed by atoms with van der Waals surface area (Å²) in [6.45, 7) is 5.51. The Hall–Kier alpha value is -0.640. The van der Waals surface area contributed by atoms with Gasteiger partial charge < -0.3 is 15.0 Å². The molecule has 1 fully saturated rings. The van der Waals surface area contributed by atoms with Crippen molar-refractivity contribution in [2.75, 3.05) is 37.7 Å². The maximum Gasteiger partial charge on any atom is 0.142 e. The molecule has 1 saturated heterocycles. The van der Waals surface area contributed by atoms with Gasteiger partial charge in [-0.3, -0.25) is 0 Å². The minimum atomic E-state index is 0. The summed E-state index contributed by atoms with van der Waals surface area (Å²) in [7, 11) is 0. The molecular formula is C14H20Cl2N2O. The zero-order valence-electron chi connectivity index (χ0n) is 10.8. The first-order chi connectivity index (χ1) is 8.43. The molecule has 19 heavy (non-hydrogen) atoms. The summed E-state index contributed by atoms with van der Waals surface area (Å²) in [6.07, 6.45) is 1.14. The van der Waals surface area contributed by atoms with E-state index in [4.69, 9.17) is 4.74 Å². The second-order valence-corrected chi connectivity index (χ2v) is 5.37. The highest BCUT2D eigenvalue weighted by molar-refractivity contribution is 5.85. The molecule has 0 bridgehead atoms. The van der Waals surface area contributed by atoms with Crippen LogP contribution >= 0.6 is 24.8 Å². The molecule has 0 saturated carbocycles. The van der Waals surface area contributed by atoms with E-state index in [2.05, 4.69) is 28.4 Å². The molecule has 1 N–H and O–H groups in total. The molecule has 3 heterocycles. The normalized spacial score (nSPS) is 27.1. The van der Waals surface area contributed by atoms with Crippen LogP contribution in [0.2, 0.25) is 0 Å². The predicted molar refractivity (Wildman–Crippen MR) is 82.4 cm³/mol. The number of fused-ring (bicyclic) bond motifs is 2. The molecule has 0 aliphatic carbocycles. The van der Waals surface area contributed by atoms with Gasteiger partial charge in [0.2, 0.25) is 0 Å². The highest BCUT2D eigenvalue weighted by atomic mass is 35.5. The Labute approximate surface area is 126 Å². The highest BCUT2D eigenvalue weighted by Crippen LogP contribution is 2.45. The Kier molecular flexibility index (Phi) is 4.49. The van der Waals surface area contributed by atoms with Crippen LogP contribution in [0.4, 0.5) is 5.69 Å². The minimum absolute atomic E-state index is 0. The van der Waals surface area contributed by atoms with Gasteiger partial charge in [0.25, 0.3) is 0 Å². The number of ether oxygens (including phenoxy) is 1. The van der Waals surface area contributed by atoms with Crippen molar-refractivity contribution in [1.29, 1.82) is 0 Å². The first-order valence-corrected chi connectivity index (χ1v) is 6.65. The van der Waals surface area contributed by atoms with E-state index in [0.29, 0.717) is 5.92 Å². The smallest absolute Gasteiger partial charge is 0.142 e. The molecule has 5 heteroatoms. The summed E-state index contributed by atoms with van der Waals surface area (Å²) in [5, 5.41) is 3.54. The molecule has 0 amide bonds. The molecule has 3 nitrogen and oxygen atoms in total. The van der Waals surface area contributed by atoms with E-state index in [1.165, 1.54) is 24.3 Å². The zero-order valence-corrected chi connectivity index (χ0v) is 12.4. The van der Waals surface area contributed by atoms with Gasteiger partial charge in [0.15, 0.2) is 0 Å². The van der Waals surface area contributed by atoms with Gasteiger partial charge in [-0.15, -0.1) is 24.8 Å². The maximum absolute atomic E-state index is 5.88. The SMILES string of the molecule is Cl.Cl.c1cc2c3c(c1)[C@H]1CNC[C@H]1CN3CCCO2. The van der Waals surface area contributed by atoms with E-state index in [-0.39, 0.29) is 24.8 Å². The third-order valence-corrected chi connectivity index (χ3v) is 4.37. The van der Waals surface area contributed by atoms with Crippen LogP contribution in [0.5, 0.6) is 5.75 Å². The summed E-state index contributed by atoms with van der Waals surface area (Å²) in [5.41, 5.74) is 2.89. The Morgan fingerprint density at radius 3 is 3.00 bits per heavy atom. The molecule has 3 aliphatic rings. The highest BCUT2D eigenvalue weighted by Gasteiger charge is 2.38. The van der Waals surface area contributed by atoms with Crippen LogP contribution in [0, 0.1) is 5.92 Å². The second-order valence-electron chi connectivity index (χ2n) is 5.37. The number of rotatable bonds is 0. The molecule has 1 aromatic rings. The summed E-state index contributed by atoms with van der Waals surface area (Å²) in [5.74, 6) is 2.59. The molecular weight excluding hydrogens is 283 g/mol. The van der Waals surface area contributed by atoms with Gasteiger partial charge in [-0.25, -0.2) is 0 Å². The quantitative estimate of drug-likeness (QED) is 0.797. The number of anilines is 1. The molecule has 0 aromatic heterocycles. The molecule has 0 unspecified atom stereocenters. The largest absolute Gasteiger partial charge is 0.491 e. The summed E-state index contributed by atoms with van der Waals surface area (Å²) >= 11 is 0. The Balaban J connectivity index is 0.000000667. The number of hydrogen-bond acceptors (Lipinski definition) is 3. The average molecular weight is 303 g/mol. The molecule has 4 rings (SSSR count). The number of halogens is 2. The van der Waals surface area contributed by atoms with Crippen LogP contribution in [0.1, 0.15) is 17.9 Å². The van der Waals surface area contributed by atoms with Crippen LogP contribution < -0.4 is 15.0 Å². The third kappa shape index (κ3) is 2.28. The summed E-state index contributed by atoms with van der Waals surface area (Å²) in [6, 6.07) is 6.57.